The molecule has 0 rings (SSSR count). The van der Waals surface area contributed by atoms with Gasteiger partial charge in [-0.3, -0.25) is 0 Å². The number of nitrogens with zero attached hydrogens (tertiary/aromatic N) is 1. The third-order valence-electron chi connectivity index (χ3n) is 1.94. The van der Waals surface area contributed by atoms with Gasteiger partial charge in [-0.15, -0.1) is 0 Å². The molecule has 80 valence electrons. The molecule has 0 spiro atoms. The van der Waals surface area contributed by atoms with Gasteiger partial charge in [0.2, 0.25) is 0 Å². The first kappa shape index (κ1) is 12.9. The van der Waals surface area contributed by atoms with Crippen molar-refractivity contribution in [3.05, 3.63) is 0 Å². The number of likely N-dealkylation sites (N-methyl/N-ethyl adjacent to an activating group) is 1. The molecule has 3 nitrogen and oxygen atoms in total. The molecule has 0 amide bonds. The molecule has 0 saturated carbocycles. The first-order valence-electron chi connectivity index (χ1n) is 5.06. The van der Waals surface area contributed by atoms with Crippen LogP contribution in [0.4, 0.5) is 0 Å². The predicted molar refractivity (Wildman–Crippen MR) is 55.1 cm³/mol. The fourth-order valence-electron chi connectivity index (χ4n) is 1.00. The molecule has 0 aliphatic carbocycles. The van der Waals surface area contributed by atoms with E-state index in [0.717, 1.165) is 13.2 Å². The minimum Gasteiger partial charge on any atom is -0.382 e. The van der Waals surface area contributed by atoms with E-state index in [1.54, 1.807) is 7.11 Å². The monoisotopic (exact) mass is 189 g/mol. The summed E-state index contributed by atoms with van der Waals surface area (Å²) < 4.78 is 10.2. The molecule has 0 fully saturated rings. The molecule has 0 saturated heterocycles. The van der Waals surface area contributed by atoms with Crippen LogP contribution in [-0.4, -0.2) is 52.0 Å². The lowest BCUT2D eigenvalue weighted by Crippen LogP contribution is -2.24. The van der Waals surface area contributed by atoms with Crippen molar-refractivity contribution in [2.45, 2.75) is 19.8 Å². The van der Waals surface area contributed by atoms with Gasteiger partial charge in [0, 0.05) is 13.7 Å². The van der Waals surface area contributed by atoms with Crippen molar-refractivity contribution in [1.29, 1.82) is 0 Å². The normalized spacial score (nSPS) is 11.1. The van der Waals surface area contributed by atoms with Crippen LogP contribution in [0.15, 0.2) is 0 Å². The largest absolute Gasteiger partial charge is 0.382 e. The fraction of sp³-hybridized carbons (Fsp3) is 1.00. The lowest BCUT2D eigenvalue weighted by Gasteiger charge is -2.15. The number of hydrogen-bond donors (Lipinski definition) is 0. The van der Waals surface area contributed by atoms with Crippen LogP contribution in [0.1, 0.15) is 19.8 Å². The lowest BCUT2D eigenvalue weighted by molar-refractivity contribution is 0.0605. The zero-order chi connectivity index (χ0) is 9.94. The maximum absolute atomic E-state index is 5.36. The zero-order valence-electron chi connectivity index (χ0n) is 9.21. The van der Waals surface area contributed by atoms with Crippen molar-refractivity contribution in [3.63, 3.8) is 0 Å². The van der Waals surface area contributed by atoms with Gasteiger partial charge in [0.15, 0.2) is 0 Å². The topological polar surface area (TPSA) is 21.7 Å². The van der Waals surface area contributed by atoms with Crippen molar-refractivity contribution in [2.24, 2.45) is 0 Å². The fourth-order valence-corrected chi connectivity index (χ4v) is 1.00. The Morgan fingerprint density at radius 3 is 2.46 bits per heavy atom. The maximum Gasteiger partial charge on any atom is 0.0700 e. The summed E-state index contributed by atoms with van der Waals surface area (Å²) in [7, 11) is 3.83. The van der Waals surface area contributed by atoms with E-state index < -0.39 is 0 Å². The molecule has 0 unspecified atom stereocenters. The molecular formula is C10H23NO2. The number of ether oxygens (including phenoxy) is 2. The van der Waals surface area contributed by atoms with Gasteiger partial charge in [0.1, 0.15) is 0 Å². The predicted octanol–water partition coefficient (Wildman–Crippen LogP) is 1.38. The second-order valence-electron chi connectivity index (χ2n) is 3.26. The molecule has 3 heteroatoms. The Labute approximate surface area is 82.0 Å². The van der Waals surface area contributed by atoms with Gasteiger partial charge in [-0.05, 0) is 20.0 Å². The highest BCUT2D eigenvalue weighted by Crippen LogP contribution is 1.91. The Hall–Kier alpha value is -0.120. The number of methoxy groups -OCH3 is 1. The highest BCUT2D eigenvalue weighted by molar-refractivity contribution is 4.49. The van der Waals surface area contributed by atoms with E-state index in [0.29, 0.717) is 13.2 Å². The van der Waals surface area contributed by atoms with E-state index in [1.807, 2.05) is 0 Å². The van der Waals surface area contributed by atoms with Crippen molar-refractivity contribution in [2.75, 3.05) is 47.1 Å². The van der Waals surface area contributed by atoms with Crippen LogP contribution in [0.5, 0.6) is 0 Å². The van der Waals surface area contributed by atoms with Gasteiger partial charge >= 0.3 is 0 Å². The van der Waals surface area contributed by atoms with E-state index in [-0.39, 0.29) is 0 Å². The molecule has 0 bridgehead atoms. The Morgan fingerprint density at radius 2 is 1.85 bits per heavy atom. The summed E-state index contributed by atoms with van der Waals surface area (Å²) in [4.78, 5) is 2.30. The van der Waals surface area contributed by atoms with Gasteiger partial charge in [0.05, 0.1) is 19.8 Å². The first-order valence-corrected chi connectivity index (χ1v) is 5.06. The minimum atomic E-state index is 0.693. The quantitative estimate of drug-likeness (QED) is 0.511. The number of hydrogen-bond acceptors (Lipinski definition) is 3. The summed E-state index contributed by atoms with van der Waals surface area (Å²) in [6, 6.07) is 0. The molecule has 0 N–H and O–H groups in total. The molecule has 0 heterocycles. The van der Waals surface area contributed by atoms with Gasteiger partial charge in [-0.25, -0.2) is 0 Å². The molecule has 0 aliphatic rings. The van der Waals surface area contributed by atoms with Crippen LogP contribution < -0.4 is 0 Å². The maximum atomic E-state index is 5.36. The van der Waals surface area contributed by atoms with Crippen LogP contribution in [0.25, 0.3) is 0 Å². The van der Waals surface area contributed by atoms with Crippen LogP contribution in [0.2, 0.25) is 0 Å². The third-order valence-corrected chi connectivity index (χ3v) is 1.94. The molecule has 13 heavy (non-hydrogen) atoms. The van der Waals surface area contributed by atoms with Crippen molar-refractivity contribution in [1.82, 2.24) is 4.90 Å². The SMILES string of the molecule is CCCCN(C)CCOCCOC. The van der Waals surface area contributed by atoms with E-state index in [2.05, 4.69) is 18.9 Å². The highest BCUT2D eigenvalue weighted by Gasteiger charge is 1.96. The van der Waals surface area contributed by atoms with Gasteiger partial charge in [-0.2, -0.15) is 0 Å². The molecule has 0 radical (unpaired) electrons. The average Bonchev–Trinajstić information content (AvgIpc) is 2.14. The Morgan fingerprint density at radius 1 is 1.08 bits per heavy atom. The Kier molecular flexibility index (Phi) is 9.87. The van der Waals surface area contributed by atoms with Gasteiger partial charge in [-0.1, -0.05) is 13.3 Å². The van der Waals surface area contributed by atoms with Crippen LogP contribution in [0.3, 0.4) is 0 Å². The van der Waals surface area contributed by atoms with E-state index >= 15 is 0 Å². The minimum absolute atomic E-state index is 0.693. The van der Waals surface area contributed by atoms with Crippen molar-refractivity contribution >= 4 is 0 Å². The van der Waals surface area contributed by atoms with Gasteiger partial charge < -0.3 is 14.4 Å². The molecule has 0 aromatic rings. The third kappa shape index (κ3) is 9.80. The van der Waals surface area contributed by atoms with Gasteiger partial charge in [0.25, 0.3) is 0 Å². The zero-order valence-corrected chi connectivity index (χ0v) is 9.21. The van der Waals surface area contributed by atoms with Crippen LogP contribution in [-0.2, 0) is 9.47 Å². The molecule has 0 aromatic carbocycles. The van der Waals surface area contributed by atoms with Crippen molar-refractivity contribution < 1.29 is 9.47 Å². The molecule has 0 aromatic heterocycles. The number of rotatable bonds is 9. The van der Waals surface area contributed by atoms with Crippen LogP contribution >= 0.6 is 0 Å². The second-order valence-corrected chi connectivity index (χ2v) is 3.26. The Bertz CT molecular complexity index is 98.9. The summed E-state index contributed by atoms with van der Waals surface area (Å²) in [6.45, 7) is 6.61. The Balaban J connectivity index is 3.03. The second kappa shape index (κ2) is 9.96. The smallest absolute Gasteiger partial charge is 0.0700 e. The summed E-state index contributed by atoms with van der Waals surface area (Å²) >= 11 is 0. The molecule has 0 atom stereocenters. The standard InChI is InChI=1S/C10H23NO2/c1-4-5-6-11(2)7-8-13-10-9-12-3/h4-10H2,1-3H3. The van der Waals surface area contributed by atoms with E-state index in [4.69, 9.17) is 9.47 Å². The lowest BCUT2D eigenvalue weighted by atomic mass is 10.3. The van der Waals surface area contributed by atoms with Crippen molar-refractivity contribution in [3.8, 4) is 0 Å². The average molecular weight is 189 g/mol. The summed E-state index contributed by atoms with van der Waals surface area (Å²) in [5.41, 5.74) is 0. The summed E-state index contributed by atoms with van der Waals surface area (Å²) in [5.74, 6) is 0. The van der Waals surface area contributed by atoms with Crippen LogP contribution in [0, 0.1) is 0 Å². The first-order chi connectivity index (χ1) is 6.31. The summed E-state index contributed by atoms with van der Waals surface area (Å²) in [6.07, 6.45) is 2.53. The van der Waals surface area contributed by atoms with E-state index in [1.165, 1.54) is 19.4 Å². The molecular weight excluding hydrogens is 166 g/mol. The molecule has 0 aliphatic heterocycles. The number of unbranched alkanes of at least 4 members (excludes halogenated alkanes) is 1. The summed E-state index contributed by atoms with van der Waals surface area (Å²) in [5, 5.41) is 0. The van der Waals surface area contributed by atoms with E-state index in [9.17, 15) is 0 Å². The highest BCUT2D eigenvalue weighted by atomic mass is 16.5.